The highest BCUT2D eigenvalue weighted by molar-refractivity contribution is 8.14. The molecule has 0 aromatic heterocycles. The third-order valence-electron chi connectivity index (χ3n) is 2.82. The van der Waals surface area contributed by atoms with E-state index in [0.717, 1.165) is 17.5 Å². The molecule has 2 aromatic carbocycles. The first-order valence-electron chi connectivity index (χ1n) is 6.27. The summed E-state index contributed by atoms with van der Waals surface area (Å²) in [7, 11) is -0.564. The molecule has 4 heteroatoms. The van der Waals surface area contributed by atoms with Crippen molar-refractivity contribution >= 4 is 35.6 Å². The zero-order valence-electron chi connectivity index (χ0n) is 10.5. The molecule has 0 saturated carbocycles. The fraction of sp³-hybridized carbons (Fsp3) is 0.133. The van der Waals surface area contributed by atoms with Crippen molar-refractivity contribution < 1.29 is 0 Å². The van der Waals surface area contributed by atoms with Gasteiger partial charge in [0.15, 0.2) is 5.17 Å². The number of nitrogens with one attached hydrogen (secondary N) is 1. The van der Waals surface area contributed by atoms with Gasteiger partial charge < -0.3 is 5.09 Å². The minimum absolute atomic E-state index is 0.564. The average molecular weight is 286 g/mol. The van der Waals surface area contributed by atoms with Gasteiger partial charge in [-0.1, -0.05) is 72.4 Å². The van der Waals surface area contributed by atoms with Gasteiger partial charge >= 0.3 is 0 Å². The van der Waals surface area contributed by atoms with E-state index in [1.54, 1.807) is 0 Å². The first-order valence-corrected chi connectivity index (χ1v) is 8.60. The molecule has 0 bridgehead atoms. The molecule has 96 valence electrons. The van der Waals surface area contributed by atoms with Gasteiger partial charge in [-0.05, 0) is 0 Å². The monoisotopic (exact) mass is 286 g/mol. The predicted octanol–water partition coefficient (Wildman–Crippen LogP) is 2.73. The highest BCUT2D eigenvalue weighted by Gasteiger charge is 2.17. The Morgan fingerprint density at radius 3 is 1.95 bits per heavy atom. The van der Waals surface area contributed by atoms with Gasteiger partial charge in [-0.25, -0.2) is 0 Å². The lowest BCUT2D eigenvalue weighted by molar-refractivity contribution is 1.16. The molecule has 0 atom stereocenters. The predicted molar refractivity (Wildman–Crippen MR) is 87.0 cm³/mol. The van der Waals surface area contributed by atoms with Gasteiger partial charge in [-0.3, -0.25) is 4.99 Å². The second kappa shape index (κ2) is 6.23. The second-order valence-corrected chi connectivity index (χ2v) is 7.16. The molecule has 3 rings (SSSR count). The lowest BCUT2D eigenvalue weighted by Crippen LogP contribution is -2.26. The first-order chi connectivity index (χ1) is 9.43. The Balaban J connectivity index is 1.91. The maximum Gasteiger partial charge on any atom is 0.160 e. The van der Waals surface area contributed by atoms with Crippen LogP contribution in [0.15, 0.2) is 65.7 Å². The van der Waals surface area contributed by atoms with Crippen LogP contribution in [0.3, 0.4) is 0 Å². The molecule has 0 unspecified atom stereocenters. The van der Waals surface area contributed by atoms with Crippen LogP contribution in [0.4, 0.5) is 0 Å². The van der Waals surface area contributed by atoms with Crippen molar-refractivity contribution in [3.63, 3.8) is 0 Å². The highest BCUT2D eigenvalue weighted by atomic mass is 32.2. The van der Waals surface area contributed by atoms with Gasteiger partial charge in [0.25, 0.3) is 0 Å². The molecule has 0 fully saturated rings. The Hall–Kier alpha value is -1.31. The van der Waals surface area contributed by atoms with E-state index >= 15 is 0 Å². The van der Waals surface area contributed by atoms with Crippen LogP contribution >= 0.6 is 19.8 Å². The summed E-state index contributed by atoms with van der Waals surface area (Å²) in [5.74, 6) is 1.09. The number of thioether (sulfide) groups is 1. The minimum Gasteiger partial charge on any atom is -0.336 e. The lowest BCUT2D eigenvalue weighted by Gasteiger charge is -2.20. The van der Waals surface area contributed by atoms with Crippen LogP contribution in [0, 0.1) is 0 Å². The van der Waals surface area contributed by atoms with E-state index in [1.165, 1.54) is 10.6 Å². The van der Waals surface area contributed by atoms with Crippen LogP contribution < -0.4 is 15.7 Å². The van der Waals surface area contributed by atoms with Crippen molar-refractivity contribution in [2.24, 2.45) is 4.99 Å². The van der Waals surface area contributed by atoms with E-state index in [4.69, 9.17) is 0 Å². The molecule has 1 N–H and O–H groups in total. The summed E-state index contributed by atoms with van der Waals surface area (Å²) in [6.45, 7) is 0.930. The van der Waals surface area contributed by atoms with Crippen molar-refractivity contribution in [2.75, 3.05) is 12.3 Å². The van der Waals surface area contributed by atoms with Crippen molar-refractivity contribution in [3.8, 4) is 0 Å². The summed E-state index contributed by atoms with van der Waals surface area (Å²) >= 11 is 1.82. The Bertz CT molecular complexity index is 517. The van der Waals surface area contributed by atoms with Crippen molar-refractivity contribution in [1.82, 2.24) is 5.09 Å². The molecule has 0 radical (unpaired) electrons. The lowest BCUT2D eigenvalue weighted by atomic mass is 10.4. The number of benzene rings is 2. The molecule has 2 aromatic rings. The average Bonchev–Trinajstić information content (AvgIpc) is 3.00. The molecule has 1 aliphatic heterocycles. The summed E-state index contributed by atoms with van der Waals surface area (Å²) < 4.78 is 0. The summed E-state index contributed by atoms with van der Waals surface area (Å²) in [6.07, 6.45) is 0. The van der Waals surface area contributed by atoms with Gasteiger partial charge in [0, 0.05) is 16.4 Å². The molecular weight excluding hydrogens is 271 g/mol. The summed E-state index contributed by atoms with van der Waals surface area (Å²) in [5, 5.41) is 7.37. The fourth-order valence-electron chi connectivity index (χ4n) is 1.93. The Labute approximate surface area is 119 Å². The quantitative estimate of drug-likeness (QED) is 0.877. The maximum absolute atomic E-state index is 4.51. The zero-order chi connectivity index (χ0) is 12.9. The van der Waals surface area contributed by atoms with Crippen LogP contribution in [0.2, 0.25) is 0 Å². The van der Waals surface area contributed by atoms with Crippen LogP contribution in [0.25, 0.3) is 0 Å². The maximum atomic E-state index is 4.51. The van der Waals surface area contributed by atoms with E-state index in [1.807, 2.05) is 11.8 Å². The van der Waals surface area contributed by atoms with Gasteiger partial charge in [0.1, 0.15) is 0 Å². The van der Waals surface area contributed by atoms with E-state index < -0.39 is 8.07 Å². The molecule has 0 spiro atoms. The standard InChI is InChI=1S/C15H15N2PS/c1-3-7-13(8-4-1)18(14-9-5-2-6-10-14)17-15-16-11-12-19-15/h1-10H,11-12H2,(H,16,17). The normalized spacial score (nSPS) is 14.5. The van der Waals surface area contributed by atoms with Crippen LogP contribution in [-0.2, 0) is 0 Å². The molecule has 0 aliphatic carbocycles. The van der Waals surface area contributed by atoms with Gasteiger partial charge in [-0.2, -0.15) is 0 Å². The number of rotatable bonds is 3. The third-order valence-corrected chi connectivity index (χ3v) is 5.93. The molecule has 0 amide bonds. The number of aliphatic imine (C=N–C) groups is 1. The minimum atomic E-state index is -0.564. The Kier molecular flexibility index (Phi) is 4.16. The van der Waals surface area contributed by atoms with Crippen LogP contribution in [-0.4, -0.2) is 17.5 Å². The Morgan fingerprint density at radius 1 is 0.895 bits per heavy atom. The van der Waals surface area contributed by atoms with Gasteiger partial charge in [-0.15, -0.1) is 0 Å². The van der Waals surface area contributed by atoms with E-state index in [0.29, 0.717) is 0 Å². The van der Waals surface area contributed by atoms with E-state index in [2.05, 4.69) is 70.7 Å². The van der Waals surface area contributed by atoms with Crippen LogP contribution in [0.5, 0.6) is 0 Å². The Morgan fingerprint density at radius 2 is 1.47 bits per heavy atom. The number of hydrogen-bond donors (Lipinski definition) is 1. The van der Waals surface area contributed by atoms with Crippen molar-refractivity contribution in [2.45, 2.75) is 0 Å². The van der Waals surface area contributed by atoms with E-state index in [-0.39, 0.29) is 0 Å². The molecule has 2 nitrogen and oxygen atoms in total. The molecule has 19 heavy (non-hydrogen) atoms. The molecule has 1 heterocycles. The van der Waals surface area contributed by atoms with Gasteiger partial charge in [0.2, 0.25) is 0 Å². The van der Waals surface area contributed by atoms with Crippen LogP contribution in [0.1, 0.15) is 0 Å². The largest absolute Gasteiger partial charge is 0.336 e. The third kappa shape index (κ3) is 3.17. The number of nitrogens with zero attached hydrogens (tertiary/aromatic N) is 1. The SMILES string of the molecule is c1ccc(P(NC2=NCCS2)c2ccccc2)cc1. The first kappa shape index (κ1) is 12.7. The van der Waals surface area contributed by atoms with Crippen molar-refractivity contribution in [1.29, 1.82) is 0 Å². The van der Waals surface area contributed by atoms with Gasteiger partial charge in [0.05, 0.1) is 14.6 Å². The fourth-order valence-corrected chi connectivity index (χ4v) is 4.78. The molecule has 1 aliphatic rings. The smallest absolute Gasteiger partial charge is 0.160 e. The topological polar surface area (TPSA) is 24.4 Å². The summed E-state index contributed by atoms with van der Waals surface area (Å²) in [4.78, 5) is 4.51. The van der Waals surface area contributed by atoms with E-state index in [9.17, 15) is 0 Å². The number of amidine groups is 1. The molecule has 0 saturated heterocycles. The molecular formula is C15H15N2PS. The second-order valence-electron chi connectivity index (χ2n) is 4.15. The highest BCUT2D eigenvalue weighted by Crippen LogP contribution is 2.30. The summed E-state index contributed by atoms with van der Waals surface area (Å²) in [5.41, 5.74) is 0. The number of hydrogen-bond acceptors (Lipinski definition) is 3. The zero-order valence-corrected chi connectivity index (χ0v) is 12.2. The summed E-state index contributed by atoms with van der Waals surface area (Å²) in [6, 6.07) is 21.2. The van der Waals surface area contributed by atoms with Crippen molar-refractivity contribution in [3.05, 3.63) is 60.7 Å².